The Labute approximate surface area is 146 Å². The maximum absolute atomic E-state index is 13.5. The van der Waals surface area contributed by atoms with Crippen LogP contribution >= 0.6 is 43.5 Å². The zero-order valence-electron chi connectivity index (χ0n) is 11.5. The molecule has 1 nitrogen and oxygen atoms in total. The van der Waals surface area contributed by atoms with Crippen LogP contribution in [0.3, 0.4) is 0 Å². The first-order valence-electron chi connectivity index (χ1n) is 6.63. The van der Waals surface area contributed by atoms with Gasteiger partial charge in [0.1, 0.15) is 5.82 Å². The van der Waals surface area contributed by atoms with Gasteiger partial charge in [-0.25, -0.2) is 4.39 Å². The van der Waals surface area contributed by atoms with Crippen molar-refractivity contribution in [3.05, 3.63) is 67.3 Å². The van der Waals surface area contributed by atoms with E-state index in [9.17, 15) is 4.39 Å². The third-order valence-corrected chi connectivity index (χ3v) is 4.79. The third kappa shape index (κ3) is 4.52. The van der Waals surface area contributed by atoms with Crippen molar-refractivity contribution < 1.29 is 4.39 Å². The van der Waals surface area contributed by atoms with Crippen LogP contribution in [0.4, 0.5) is 4.39 Å². The lowest BCUT2D eigenvalue weighted by Gasteiger charge is -2.20. The summed E-state index contributed by atoms with van der Waals surface area (Å²) in [5, 5.41) is 4.10. The molecule has 1 N–H and O–H groups in total. The van der Waals surface area contributed by atoms with Crippen molar-refractivity contribution >= 4 is 43.5 Å². The smallest absolute Gasteiger partial charge is 0.123 e. The summed E-state index contributed by atoms with van der Waals surface area (Å²) in [7, 11) is 0. The van der Waals surface area contributed by atoms with Crippen molar-refractivity contribution in [2.24, 2.45) is 0 Å². The molecule has 0 aliphatic carbocycles. The molecule has 0 aromatic heterocycles. The van der Waals surface area contributed by atoms with E-state index in [0.717, 1.165) is 26.6 Å². The second kappa shape index (κ2) is 7.73. The minimum Gasteiger partial charge on any atom is -0.310 e. The Morgan fingerprint density at radius 1 is 1.19 bits per heavy atom. The standard InChI is InChI=1S/C16H15Br2ClFN/c1-2-21-16(13-9-12(20)5-6-14(13)18)7-10-3-4-11(17)8-15(10)19/h3-6,8-9,16,21H,2,7H2,1H3. The van der Waals surface area contributed by atoms with Gasteiger partial charge in [-0.1, -0.05) is 56.5 Å². The molecule has 0 aliphatic rings. The van der Waals surface area contributed by atoms with E-state index in [1.54, 1.807) is 12.1 Å². The summed E-state index contributed by atoms with van der Waals surface area (Å²) in [5.74, 6) is -0.238. The Morgan fingerprint density at radius 2 is 1.95 bits per heavy atom. The van der Waals surface area contributed by atoms with Gasteiger partial charge in [0, 0.05) is 20.0 Å². The van der Waals surface area contributed by atoms with Gasteiger partial charge >= 0.3 is 0 Å². The van der Waals surface area contributed by atoms with Crippen molar-refractivity contribution in [1.29, 1.82) is 0 Å². The summed E-state index contributed by atoms with van der Waals surface area (Å²) < 4.78 is 15.4. The average molecular weight is 436 g/mol. The van der Waals surface area contributed by atoms with Crippen molar-refractivity contribution in [2.45, 2.75) is 19.4 Å². The molecule has 0 spiro atoms. The number of hydrogen-bond donors (Lipinski definition) is 1. The maximum Gasteiger partial charge on any atom is 0.123 e. The van der Waals surface area contributed by atoms with Gasteiger partial charge in [0.25, 0.3) is 0 Å². The molecular weight excluding hydrogens is 420 g/mol. The molecule has 0 amide bonds. The zero-order chi connectivity index (χ0) is 15.4. The molecule has 0 radical (unpaired) electrons. The van der Waals surface area contributed by atoms with Gasteiger partial charge in [0.15, 0.2) is 0 Å². The topological polar surface area (TPSA) is 12.0 Å². The summed E-state index contributed by atoms with van der Waals surface area (Å²) in [6.07, 6.45) is 0.696. The average Bonchev–Trinajstić information content (AvgIpc) is 2.44. The molecule has 0 saturated carbocycles. The Balaban J connectivity index is 2.32. The molecule has 0 fully saturated rings. The first-order valence-corrected chi connectivity index (χ1v) is 8.60. The Bertz CT molecular complexity index is 634. The minimum absolute atomic E-state index is 0.00116. The van der Waals surface area contributed by atoms with Gasteiger partial charge in [-0.05, 0) is 54.4 Å². The Hall–Kier alpha value is -0.420. The van der Waals surface area contributed by atoms with Gasteiger partial charge in [0.2, 0.25) is 0 Å². The molecule has 2 aromatic rings. The van der Waals surface area contributed by atoms with Gasteiger partial charge in [0.05, 0.1) is 0 Å². The fraction of sp³-hybridized carbons (Fsp3) is 0.250. The van der Waals surface area contributed by atoms with Crippen molar-refractivity contribution in [2.75, 3.05) is 6.54 Å². The minimum atomic E-state index is -0.238. The van der Waals surface area contributed by atoms with Gasteiger partial charge in [-0.3, -0.25) is 0 Å². The molecule has 2 aromatic carbocycles. The van der Waals surface area contributed by atoms with Crippen LogP contribution in [-0.4, -0.2) is 6.54 Å². The number of hydrogen-bond acceptors (Lipinski definition) is 1. The highest BCUT2D eigenvalue weighted by molar-refractivity contribution is 9.10. The molecule has 0 aliphatic heterocycles. The molecule has 1 atom stereocenters. The molecular formula is C16H15Br2ClFN. The number of rotatable bonds is 5. The predicted octanol–water partition coefficient (Wildman–Crippen LogP) is 5.90. The van der Waals surface area contributed by atoms with Crippen molar-refractivity contribution in [1.82, 2.24) is 5.32 Å². The van der Waals surface area contributed by atoms with E-state index in [4.69, 9.17) is 11.6 Å². The Kier molecular flexibility index (Phi) is 6.23. The molecule has 5 heteroatoms. The van der Waals surface area contributed by atoms with Gasteiger partial charge in [-0.15, -0.1) is 0 Å². The summed E-state index contributed by atoms with van der Waals surface area (Å²) in [6.45, 7) is 2.82. The van der Waals surface area contributed by atoms with Crippen LogP contribution in [0.5, 0.6) is 0 Å². The van der Waals surface area contributed by atoms with Crippen LogP contribution in [0, 0.1) is 5.82 Å². The molecule has 0 bridgehead atoms. The van der Waals surface area contributed by atoms with Crippen LogP contribution in [-0.2, 0) is 6.42 Å². The van der Waals surface area contributed by atoms with E-state index >= 15 is 0 Å². The fourth-order valence-corrected chi connectivity index (χ4v) is 3.50. The lowest BCUT2D eigenvalue weighted by molar-refractivity contribution is 0.540. The molecule has 2 rings (SSSR count). The molecule has 112 valence electrons. The summed E-state index contributed by atoms with van der Waals surface area (Å²) in [4.78, 5) is 0. The first-order chi connectivity index (χ1) is 10.0. The van der Waals surface area contributed by atoms with E-state index in [1.165, 1.54) is 6.07 Å². The largest absolute Gasteiger partial charge is 0.310 e. The monoisotopic (exact) mass is 433 g/mol. The lowest BCUT2D eigenvalue weighted by atomic mass is 9.98. The van der Waals surface area contributed by atoms with Crippen molar-refractivity contribution in [3.8, 4) is 0 Å². The van der Waals surface area contributed by atoms with Crippen molar-refractivity contribution in [3.63, 3.8) is 0 Å². The number of halogens is 4. The molecule has 0 saturated heterocycles. The van der Waals surface area contributed by atoms with E-state index < -0.39 is 0 Å². The quantitative estimate of drug-likeness (QED) is 0.617. The lowest BCUT2D eigenvalue weighted by Crippen LogP contribution is -2.23. The molecule has 21 heavy (non-hydrogen) atoms. The highest BCUT2D eigenvalue weighted by Gasteiger charge is 2.16. The second-order valence-electron chi connectivity index (χ2n) is 4.72. The van der Waals surface area contributed by atoms with Crippen LogP contribution in [0.25, 0.3) is 0 Å². The molecule has 0 heterocycles. The van der Waals surface area contributed by atoms with Gasteiger partial charge in [-0.2, -0.15) is 0 Å². The summed E-state index contributed by atoms with van der Waals surface area (Å²) in [5.41, 5.74) is 1.93. The molecule has 1 unspecified atom stereocenters. The number of likely N-dealkylation sites (N-methyl/N-ethyl adjacent to an activating group) is 1. The number of benzene rings is 2. The highest BCUT2D eigenvalue weighted by atomic mass is 79.9. The van der Waals surface area contributed by atoms with Crippen LogP contribution in [0.15, 0.2) is 45.3 Å². The normalized spacial score (nSPS) is 12.4. The zero-order valence-corrected chi connectivity index (χ0v) is 15.4. The van der Waals surface area contributed by atoms with E-state index in [0.29, 0.717) is 11.4 Å². The maximum atomic E-state index is 13.5. The van der Waals surface area contributed by atoms with E-state index in [-0.39, 0.29) is 11.9 Å². The summed E-state index contributed by atoms with van der Waals surface area (Å²) >= 11 is 13.2. The number of nitrogens with one attached hydrogen (secondary N) is 1. The van der Waals surface area contributed by atoms with Crippen LogP contribution in [0.2, 0.25) is 5.02 Å². The van der Waals surface area contributed by atoms with E-state index in [1.807, 2.05) is 25.1 Å². The fourth-order valence-electron chi connectivity index (χ4n) is 2.23. The first kappa shape index (κ1) is 16.9. The van der Waals surface area contributed by atoms with E-state index in [2.05, 4.69) is 37.2 Å². The summed E-state index contributed by atoms with van der Waals surface area (Å²) in [6, 6.07) is 10.6. The SMILES string of the molecule is CCNC(Cc1ccc(Br)cc1Cl)c1cc(F)ccc1Br. The highest BCUT2D eigenvalue weighted by Crippen LogP contribution is 2.30. The van der Waals surface area contributed by atoms with Gasteiger partial charge < -0.3 is 5.32 Å². The van der Waals surface area contributed by atoms with Crippen LogP contribution in [0.1, 0.15) is 24.1 Å². The second-order valence-corrected chi connectivity index (χ2v) is 6.89. The Morgan fingerprint density at radius 3 is 2.62 bits per heavy atom. The predicted molar refractivity (Wildman–Crippen MR) is 93.4 cm³/mol. The third-order valence-electron chi connectivity index (χ3n) is 3.22. The van der Waals surface area contributed by atoms with Crippen LogP contribution < -0.4 is 5.32 Å².